The van der Waals surface area contributed by atoms with Crippen LogP contribution >= 0.6 is 23.2 Å². The lowest BCUT2D eigenvalue weighted by atomic mass is 10.1. The highest BCUT2D eigenvalue weighted by Crippen LogP contribution is 2.29. The van der Waals surface area contributed by atoms with Crippen LogP contribution in [0, 0.1) is 0 Å². The monoisotopic (exact) mass is 525 g/mol. The number of aromatic nitrogens is 2. The Labute approximate surface area is 221 Å². The maximum absolute atomic E-state index is 13.3. The van der Waals surface area contributed by atoms with Gasteiger partial charge in [-0.1, -0.05) is 41.4 Å². The van der Waals surface area contributed by atoms with Crippen LogP contribution in [0.5, 0.6) is 5.88 Å². The van der Waals surface area contributed by atoms with Gasteiger partial charge in [0.15, 0.2) is 5.82 Å². The highest BCUT2D eigenvalue weighted by molar-refractivity contribution is 6.35. The van der Waals surface area contributed by atoms with Gasteiger partial charge in [0.2, 0.25) is 0 Å². The number of nitrogens with zero attached hydrogens (tertiary/aromatic N) is 4. The zero-order valence-corrected chi connectivity index (χ0v) is 21.5. The van der Waals surface area contributed by atoms with Gasteiger partial charge in [0, 0.05) is 45.9 Å². The number of nitrogen functional groups attached to an aromatic ring is 1. The lowest BCUT2D eigenvalue weighted by molar-refractivity contribution is 0.0709. The number of hydrogen-bond donors (Lipinski definition) is 1. The smallest absolute Gasteiger partial charge is 0.258 e. The molecule has 2 aliphatic rings. The van der Waals surface area contributed by atoms with Gasteiger partial charge in [0.1, 0.15) is 6.61 Å². The minimum atomic E-state index is 0.0901. The zero-order valence-electron chi connectivity index (χ0n) is 20.0. The van der Waals surface area contributed by atoms with Crippen molar-refractivity contribution in [2.24, 2.45) is 0 Å². The summed E-state index contributed by atoms with van der Waals surface area (Å²) in [6.45, 7) is 4.20. The molecule has 0 radical (unpaired) electrons. The maximum Gasteiger partial charge on any atom is 0.258 e. The van der Waals surface area contributed by atoms with E-state index in [9.17, 15) is 4.79 Å². The van der Waals surface area contributed by atoms with Crippen LogP contribution in [0.4, 0.5) is 5.82 Å². The summed E-state index contributed by atoms with van der Waals surface area (Å²) in [7, 11) is 0. The van der Waals surface area contributed by atoms with Crippen LogP contribution in [-0.4, -0.2) is 57.9 Å². The predicted octanol–water partition coefficient (Wildman–Crippen LogP) is 5.31. The number of carbonyl (C=O) groups is 1. The molecule has 2 N–H and O–H groups in total. The molecule has 0 saturated carbocycles. The van der Waals surface area contributed by atoms with Gasteiger partial charge in [-0.15, -0.1) is 0 Å². The largest absolute Gasteiger partial charge is 0.470 e. The number of halogens is 2. The van der Waals surface area contributed by atoms with E-state index in [1.807, 2.05) is 29.2 Å². The minimum Gasteiger partial charge on any atom is -0.470 e. The second kappa shape index (κ2) is 11.0. The first-order valence-corrected chi connectivity index (χ1v) is 13.1. The van der Waals surface area contributed by atoms with Gasteiger partial charge in [0.25, 0.3) is 11.8 Å². The maximum atomic E-state index is 13.3. The number of ether oxygens (including phenoxy) is 1. The summed E-state index contributed by atoms with van der Waals surface area (Å²) in [5, 5.41) is 1.01. The molecule has 0 bridgehead atoms. The molecular formula is C27H29Cl2N5O2. The highest BCUT2D eigenvalue weighted by atomic mass is 35.5. The van der Waals surface area contributed by atoms with Crippen molar-refractivity contribution in [3.05, 3.63) is 69.8 Å². The van der Waals surface area contributed by atoms with Gasteiger partial charge in [-0.05, 0) is 63.0 Å². The van der Waals surface area contributed by atoms with E-state index >= 15 is 0 Å². The van der Waals surface area contributed by atoms with Gasteiger partial charge in [-0.25, -0.2) is 9.97 Å². The number of rotatable bonds is 7. The molecule has 2 fully saturated rings. The van der Waals surface area contributed by atoms with Gasteiger partial charge in [-0.2, -0.15) is 0 Å². The number of carbonyl (C=O) groups excluding carboxylic acids is 1. The van der Waals surface area contributed by atoms with Crippen LogP contribution in [-0.2, 0) is 6.61 Å². The number of benzene rings is 2. The molecule has 36 heavy (non-hydrogen) atoms. The standard InChI is InChI=1S/C27H29Cl2N5O2/c28-22-6-3-7-23(29)21(22)17-36-26-25(30)31-15-24(32-26)18-8-10-19(11-9-18)27(35)34-14-4-5-20(34)16-33-12-1-2-13-33/h3,6-11,15,20H,1-2,4-5,12-14,16-17H2,(H2,30,31)/t20-/m1/s1. The summed E-state index contributed by atoms with van der Waals surface area (Å²) >= 11 is 12.5. The van der Waals surface area contributed by atoms with Gasteiger partial charge >= 0.3 is 0 Å². The number of anilines is 1. The lowest BCUT2D eigenvalue weighted by Crippen LogP contribution is -2.42. The molecule has 2 aromatic carbocycles. The number of nitrogens with two attached hydrogens (primary N) is 1. The van der Waals surface area contributed by atoms with E-state index in [1.54, 1.807) is 24.4 Å². The van der Waals surface area contributed by atoms with Crippen molar-refractivity contribution in [2.45, 2.75) is 38.3 Å². The Morgan fingerprint density at radius 3 is 2.47 bits per heavy atom. The SMILES string of the molecule is Nc1ncc(-c2ccc(C(=O)N3CCC[C@@H]3CN3CCCC3)cc2)nc1OCc1c(Cl)cccc1Cl. The summed E-state index contributed by atoms with van der Waals surface area (Å²) < 4.78 is 5.81. The molecule has 3 aromatic rings. The quantitative estimate of drug-likeness (QED) is 0.449. The molecule has 188 valence electrons. The summed E-state index contributed by atoms with van der Waals surface area (Å²) in [4.78, 5) is 26.6. The van der Waals surface area contributed by atoms with Crippen molar-refractivity contribution >= 4 is 34.9 Å². The molecule has 2 aliphatic heterocycles. The topological polar surface area (TPSA) is 84.6 Å². The molecule has 0 aliphatic carbocycles. The van der Waals surface area contributed by atoms with Crippen molar-refractivity contribution in [1.29, 1.82) is 0 Å². The molecule has 3 heterocycles. The van der Waals surface area contributed by atoms with Crippen LogP contribution in [0.25, 0.3) is 11.3 Å². The van der Waals surface area contributed by atoms with Crippen molar-refractivity contribution in [2.75, 3.05) is 31.9 Å². The molecule has 1 atom stereocenters. The molecule has 1 amide bonds. The molecule has 2 saturated heterocycles. The normalized spacial score (nSPS) is 18.1. The molecule has 9 heteroatoms. The summed E-state index contributed by atoms with van der Waals surface area (Å²) in [6.07, 6.45) is 6.25. The Morgan fingerprint density at radius 1 is 1.03 bits per heavy atom. The molecule has 5 rings (SSSR count). The van der Waals surface area contributed by atoms with Crippen LogP contribution in [0.15, 0.2) is 48.7 Å². The fraction of sp³-hybridized carbons (Fsp3) is 0.370. The van der Waals surface area contributed by atoms with E-state index in [0.29, 0.717) is 32.9 Å². The first-order valence-electron chi connectivity index (χ1n) is 12.3. The zero-order chi connectivity index (χ0) is 25.1. The van der Waals surface area contributed by atoms with Crippen LogP contribution in [0.1, 0.15) is 41.6 Å². The van der Waals surface area contributed by atoms with Crippen molar-refractivity contribution in [3.8, 4) is 17.1 Å². The second-order valence-corrected chi connectivity index (χ2v) is 10.1. The molecule has 1 aromatic heterocycles. The Hall–Kier alpha value is -2.87. The molecule has 7 nitrogen and oxygen atoms in total. The van der Waals surface area contributed by atoms with E-state index in [2.05, 4.69) is 14.9 Å². The van der Waals surface area contributed by atoms with Gasteiger partial charge < -0.3 is 20.3 Å². The Bertz CT molecular complexity index is 1210. The molecule has 0 spiro atoms. The number of amides is 1. The van der Waals surface area contributed by atoms with Gasteiger partial charge in [0.05, 0.1) is 11.9 Å². The van der Waals surface area contributed by atoms with Crippen molar-refractivity contribution in [3.63, 3.8) is 0 Å². The van der Waals surface area contributed by atoms with Crippen LogP contribution < -0.4 is 10.5 Å². The third kappa shape index (κ3) is 5.43. The Morgan fingerprint density at radius 2 is 1.75 bits per heavy atom. The second-order valence-electron chi connectivity index (χ2n) is 9.31. The first-order chi connectivity index (χ1) is 17.5. The van der Waals surface area contributed by atoms with E-state index in [1.165, 1.54) is 12.8 Å². The summed E-state index contributed by atoms with van der Waals surface area (Å²) in [5.74, 6) is 0.463. The first kappa shape index (κ1) is 24.8. The third-order valence-electron chi connectivity index (χ3n) is 6.92. The fourth-order valence-electron chi connectivity index (χ4n) is 4.94. The van der Waals surface area contributed by atoms with Gasteiger partial charge in [-0.3, -0.25) is 4.79 Å². The third-order valence-corrected chi connectivity index (χ3v) is 7.62. The fourth-order valence-corrected chi connectivity index (χ4v) is 5.45. The summed E-state index contributed by atoms with van der Waals surface area (Å²) in [5.41, 5.74) is 8.74. The average molecular weight is 526 g/mol. The van der Waals surface area contributed by atoms with Crippen molar-refractivity contribution in [1.82, 2.24) is 19.8 Å². The summed E-state index contributed by atoms with van der Waals surface area (Å²) in [6, 6.07) is 13.0. The average Bonchev–Trinajstić information content (AvgIpc) is 3.57. The predicted molar refractivity (Wildman–Crippen MR) is 142 cm³/mol. The highest BCUT2D eigenvalue weighted by Gasteiger charge is 2.31. The number of likely N-dealkylation sites (tertiary alicyclic amines) is 2. The van der Waals surface area contributed by atoms with Crippen LogP contribution in [0.3, 0.4) is 0 Å². The van der Waals surface area contributed by atoms with Crippen LogP contribution in [0.2, 0.25) is 10.0 Å². The molecular weight excluding hydrogens is 497 g/mol. The van der Waals surface area contributed by atoms with E-state index in [0.717, 1.165) is 44.6 Å². The van der Waals surface area contributed by atoms with E-state index < -0.39 is 0 Å². The molecule has 0 unspecified atom stereocenters. The minimum absolute atomic E-state index is 0.0901. The lowest BCUT2D eigenvalue weighted by Gasteiger charge is -2.28. The Kier molecular flexibility index (Phi) is 7.60. The number of hydrogen-bond acceptors (Lipinski definition) is 6. The Balaban J connectivity index is 1.28. The van der Waals surface area contributed by atoms with E-state index in [4.69, 9.17) is 33.7 Å². The van der Waals surface area contributed by atoms with Crippen molar-refractivity contribution < 1.29 is 9.53 Å². The van der Waals surface area contributed by atoms with E-state index in [-0.39, 0.29) is 24.2 Å².